The summed E-state index contributed by atoms with van der Waals surface area (Å²) in [6.07, 6.45) is 0. The number of hydrogen-bond acceptors (Lipinski definition) is 1. The molecule has 68 valence electrons. The van der Waals surface area contributed by atoms with Crippen LogP contribution in [0.5, 0.6) is 0 Å². The molecule has 0 spiro atoms. The highest BCUT2D eigenvalue weighted by atomic mass is 19.1. The highest BCUT2D eigenvalue weighted by Gasteiger charge is 2.31. The van der Waals surface area contributed by atoms with Crippen LogP contribution in [0.15, 0.2) is 29.3 Å². The molecule has 0 bridgehead atoms. The lowest BCUT2D eigenvalue weighted by molar-refractivity contribution is 0.627. The summed E-state index contributed by atoms with van der Waals surface area (Å²) in [5.41, 5.74) is 2.18. The van der Waals surface area contributed by atoms with Gasteiger partial charge in [0.2, 0.25) is 0 Å². The SMILES string of the molecule is CC(C)C1N=C1c1ccc(F)cc1. The number of aliphatic imine (C=N–C) groups is 1. The molecule has 0 N–H and O–H groups in total. The van der Waals surface area contributed by atoms with Gasteiger partial charge in [0.25, 0.3) is 0 Å². The summed E-state index contributed by atoms with van der Waals surface area (Å²) < 4.78 is 12.6. The quantitative estimate of drug-likeness (QED) is 0.658. The third kappa shape index (κ3) is 1.62. The summed E-state index contributed by atoms with van der Waals surface area (Å²) in [6.45, 7) is 4.29. The summed E-state index contributed by atoms with van der Waals surface area (Å²) >= 11 is 0. The maximum atomic E-state index is 12.6. The van der Waals surface area contributed by atoms with E-state index in [1.165, 1.54) is 12.1 Å². The van der Waals surface area contributed by atoms with Crippen LogP contribution >= 0.6 is 0 Å². The first kappa shape index (κ1) is 8.42. The summed E-state index contributed by atoms with van der Waals surface area (Å²) in [5.74, 6) is 0.367. The molecule has 0 aliphatic carbocycles. The molecule has 1 aliphatic rings. The molecule has 0 saturated carbocycles. The van der Waals surface area contributed by atoms with E-state index < -0.39 is 0 Å². The molecule has 2 rings (SSSR count). The molecule has 0 aromatic heterocycles. The van der Waals surface area contributed by atoms with Crippen molar-refractivity contribution in [3.8, 4) is 0 Å². The minimum atomic E-state index is -0.189. The molecule has 1 aliphatic heterocycles. The number of hydrogen-bond donors (Lipinski definition) is 0. The van der Waals surface area contributed by atoms with Crippen LogP contribution in [0.4, 0.5) is 4.39 Å². The molecule has 1 aromatic rings. The highest BCUT2D eigenvalue weighted by molar-refractivity contribution is 6.13. The number of halogens is 1. The largest absolute Gasteiger partial charge is 0.277 e. The summed E-state index contributed by atoms with van der Waals surface area (Å²) in [5, 5.41) is 0. The molecule has 1 nitrogen and oxygen atoms in total. The molecule has 1 unspecified atom stereocenters. The molecule has 0 fully saturated rings. The zero-order valence-electron chi connectivity index (χ0n) is 7.79. The van der Waals surface area contributed by atoms with E-state index in [0.717, 1.165) is 11.3 Å². The molecule has 1 aromatic carbocycles. The summed E-state index contributed by atoms with van der Waals surface area (Å²) in [4.78, 5) is 4.35. The average Bonchev–Trinajstić information content (AvgIpc) is 2.85. The average molecular weight is 177 g/mol. The fraction of sp³-hybridized carbons (Fsp3) is 0.364. The smallest absolute Gasteiger partial charge is 0.123 e. The summed E-state index contributed by atoms with van der Waals surface area (Å²) in [7, 11) is 0. The standard InChI is InChI=1S/C11H12FN/c1-7(2)10-11(13-10)8-3-5-9(12)6-4-8/h3-7,10H,1-2H3. The van der Waals surface area contributed by atoms with Gasteiger partial charge in [-0.3, -0.25) is 4.99 Å². The van der Waals surface area contributed by atoms with Gasteiger partial charge in [-0.25, -0.2) is 4.39 Å². The van der Waals surface area contributed by atoms with Crippen LogP contribution in [0.3, 0.4) is 0 Å². The molecular weight excluding hydrogens is 165 g/mol. The highest BCUT2D eigenvalue weighted by Crippen LogP contribution is 2.26. The van der Waals surface area contributed by atoms with Gasteiger partial charge in [0.1, 0.15) is 5.82 Å². The Morgan fingerprint density at radius 3 is 2.31 bits per heavy atom. The maximum absolute atomic E-state index is 12.6. The zero-order valence-corrected chi connectivity index (χ0v) is 7.79. The summed E-state index contributed by atoms with van der Waals surface area (Å²) in [6, 6.07) is 6.90. The van der Waals surface area contributed by atoms with E-state index in [4.69, 9.17) is 0 Å². The van der Waals surface area contributed by atoms with Crippen LogP contribution in [0.25, 0.3) is 0 Å². The molecule has 1 heterocycles. The van der Waals surface area contributed by atoms with Crippen LogP contribution in [0.2, 0.25) is 0 Å². The van der Waals surface area contributed by atoms with Crippen molar-refractivity contribution in [2.24, 2.45) is 10.9 Å². The fourth-order valence-corrected chi connectivity index (χ4v) is 1.44. The van der Waals surface area contributed by atoms with E-state index in [2.05, 4.69) is 18.8 Å². The van der Waals surface area contributed by atoms with Crippen LogP contribution in [-0.4, -0.2) is 11.8 Å². The Balaban J connectivity index is 2.12. The Hall–Kier alpha value is -1.18. The van der Waals surface area contributed by atoms with Gasteiger partial charge in [0.15, 0.2) is 0 Å². The molecule has 0 radical (unpaired) electrons. The molecular formula is C11H12FN. The van der Waals surface area contributed by atoms with Crippen LogP contribution in [-0.2, 0) is 0 Å². The molecule has 1 atom stereocenters. The minimum Gasteiger partial charge on any atom is -0.277 e. The number of benzene rings is 1. The zero-order chi connectivity index (χ0) is 9.42. The second-order valence-corrected chi connectivity index (χ2v) is 3.71. The minimum absolute atomic E-state index is 0.189. The molecule has 0 saturated heterocycles. The lowest BCUT2D eigenvalue weighted by Gasteiger charge is -1.99. The topological polar surface area (TPSA) is 12.4 Å². The van der Waals surface area contributed by atoms with E-state index in [1.807, 2.05) is 0 Å². The third-order valence-corrected chi connectivity index (χ3v) is 2.26. The predicted molar refractivity (Wildman–Crippen MR) is 51.6 cm³/mol. The van der Waals surface area contributed by atoms with Crippen LogP contribution < -0.4 is 0 Å². The Bertz CT molecular complexity index is 338. The van der Waals surface area contributed by atoms with Crippen molar-refractivity contribution in [1.82, 2.24) is 0 Å². The van der Waals surface area contributed by atoms with Gasteiger partial charge in [-0.2, -0.15) is 0 Å². The molecule has 0 amide bonds. The van der Waals surface area contributed by atoms with Gasteiger partial charge < -0.3 is 0 Å². The Morgan fingerprint density at radius 1 is 1.23 bits per heavy atom. The van der Waals surface area contributed by atoms with E-state index in [0.29, 0.717) is 12.0 Å². The van der Waals surface area contributed by atoms with Crippen molar-refractivity contribution in [2.45, 2.75) is 19.9 Å². The molecule has 2 heteroatoms. The normalized spacial score (nSPS) is 20.3. The monoisotopic (exact) mass is 177 g/mol. The van der Waals surface area contributed by atoms with E-state index in [-0.39, 0.29) is 5.82 Å². The molecule has 13 heavy (non-hydrogen) atoms. The van der Waals surface area contributed by atoms with E-state index in [9.17, 15) is 4.39 Å². The van der Waals surface area contributed by atoms with Gasteiger partial charge >= 0.3 is 0 Å². The Kier molecular flexibility index (Phi) is 1.91. The maximum Gasteiger partial charge on any atom is 0.123 e. The Labute approximate surface area is 77.3 Å². The van der Waals surface area contributed by atoms with Gasteiger partial charge in [-0.05, 0) is 23.6 Å². The van der Waals surface area contributed by atoms with Gasteiger partial charge in [0.05, 0.1) is 11.8 Å². The lowest BCUT2D eigenvalue weighted by atomic mass is 10.0. The number of nitrogens with zero attached hydrogens (tertiary/aromatic N) is 1. The van der Waals surface area contributed by atoms with Crippen molar-refractivity contribution < 1.29 is 4.39 Å². The van der Waals surface area contributed by atoms with Crippen molar-refractivity contribution in [1.29, 1.82) is 0 Å². The van der Waals surface area contributed by atoms with E-state index in [1.54, 1.807) is 12.1 Å². The van der Waals surface area contributed by atoms with Crippen molar-refractivity contribution >= 4 is 5.71 Å². The second-order valence-electron chi connectivity index (χ2n) is 3.71. The fourth-order valence-electron chi connectivity index (χ4n) is 1.44. The van der Waals surface area contributed by atoms with E-state index >= 15 is 0 Å². The van der Waals surface area contributed by atoms with Gasteiger partial charge in [0, 0.05) is 0 Å². The number of rotatable bonds is 2. The first-order valence-electron chi connectivity index (χ1n) is 4.52. The first-order valence-corrected chi connectivity index (χ1v) is 4.52. The first-order chi connectivity index (χ1) is 6.18. The third-order valence-electron chi connectivity index (χ3n) is 2.26. The van der Waals surface area contributed by atoms with Gasteiger partial charge in [-0.15, -0.1) is 0 Å². The predicted octanol–water partition coefficient (Wildman–Crippen LogP) is 2.65. The van der Waals surface area contributed by atoms with Crippen molar-refractivity contribution in [2.75, 3.05) is 0 Å². The van der Waals surface area contributed by atoms with Crippen molar-refractivity contribution in [3.63, 3.8) is 0 Å². The van der Waals surface area contributed by atoms with Crippen LogP contribution in [0.1, 0.15) is 19.4 Å². The second kappa shape index (κ2) is 2.95. The van der Waals surface area contributed by atoms with Crippen LogP contribution in [0, 0.1) is 11.7 Å². The Morgan fingerprint density at radius 2 is 1.85 bits per heavy atom. The lowest BCUT2D eigenvalue weighted by Crippen LogP contribution is -2.06. The van der Waals surface area contributed by atoms with Gasteiger partial charge in [-0.1, -0.05) is 26.0 Å². The van der Waals surface area contributed by atoms with Crippen molar-refractivity contribution in [3.05, 3.63) is 35.6 Å².